The van der Waals surface area contributed by atoms with Crippen LogP contribution >= 0.6 is 15.9 Å². The van der Waals surface area contributed by atoms with Crippen LogP contribution in [0.25, 0.3) is 0 Å². The van der Waals surface area contributed by atoms with Crippen molar-refractivity contribution in [3.8, 4) is 0 Å². The number of hydrogen-bond donors (Lipinski definition) is 1. The van der Waals surface area contributed by atoms with Crippen LogP contribution in [-0.2, 0) is 0 Å². The number of aryl methyl sites for hydroxylation is 1. The maximum absolute atomic E-state index is 12.4. The number of carbonyl (C=O) groups excluding carboxylic acids is 1. The van der Waals surface area contributed by atoms with Gasteiger partial charge in [-0.15, -0.1) is 0 Å². The number of pyridine rings is 1. The number of aromatic nitrogens is 1. The number of rotatable bonds is 2. The Bertz CT molecular complexity index is 382. The number of carbonyl (C=O) groups is 1. The van der Waals surface area contributed by atoms with E-state index in [2.05, 4.69) is 20.9 Å². The Labute approximate surface area is 87.4 Å². The van der Waals surface area contributed by atoms with E-state index < -0.39 is 23.6 Å². The Balaban J connectivity index is 3.39. The van der Waals surface area contributed by atoms with Gasteiger partial charge in [-0.1, -0.05) is 0 Å². The summed E-state index contributed by atoms with van der Waals surface area (Å²) in [6.07, 6.45) is -2.75. The van der Waals surface area contributed by atoms with Crippen molar-refractivity contribution in [3.05, 3.63) is 27.5 Å². The third-order valence-electron chi connectivity index (χ3n) is 1.65. The fourth-order valence-electron chi connectivity index (χ4n) is 0.976. The lowest BCUT2D eigenvalue weighted by atomic mass is 10.1. The van der Waals surface area contributed by atoms with E-state index in [1.54, 1.807) is 6.92 Å². The highest BCUT2D eigenvalue weighted by Crippen LogP contribution is 2.25. The summed E-state index contributed by atoms with van der Waals surface area (Å²) in [5, 5.41) is 0. The van der Waals surface area contributed by atoms with Crippen molar-refractivity contribution in [3.63, 3.8) is 0 Å². The quantitative estimate of drug-likeness (QED) is 0.833. The summed E-state index contributed by atoms with van der Waals surface area (Å²) in [6, 6.07) is 1.20. The fraction of sp³-hybridized carbons (Fsp3) is 0.250. The molecule has 14 heavy (non-hydrogen) atoms. The van der Waals surface area contributed by atoms with Gasteiger partial charge in [0.15, 0.2) is 0 Å². The van der Waals surface area contributed by atoms with Gasteiger partial charge < -0.3 is 5.73 Å². The molecular formula is C8H7BrF2N2O. The van der Waals surface area contributed by atoms with Gasteiger partial charge in [-0.25, -0.2) is 13.8 Å². The van der Waals surface area contributed by atoms with Crippen LogP contribution < -0.4 is 5.73 Å². The maximum atomic E-state index is 12.4. The topological polar surface area (TPSA) is 56.0 Å². The molecule has 3 nitrogen and oxygen atoms in total. The number of halogens is 3. The van der Waals surface area contributed by atoms with Gasteiger partial charge in [0.05, 0.1) is 0 Å². The lowest BCUT2D eigenvalue weighted by Gasteiger charge is -2.07. The van der Waals surface area contributed by atoms with Crippen LogP contribution in [-0.4, -0.2) is 10.9 Å². The molecule has 0 bridgehead atoms. The molecule has 0 aliphatic heterocycles. The van der Waals surface area contributed by atoms with Gasteiger partial charge >= 0.3 is 0 Å². The van der Waals surface area contributed by atoms with Crippen LogP contribution in [0, 0.1) is 6.92 Å². The zero-order valence-corrected chi connectivity index (χ0v) is 8.81. The van der Waals surface area contributed by atoms with Crippen molar-refractivity contribution < 1.29 is 13.6 Å². The van der Waals surface area contributed by atoms with Gasteiger partial charge in [-0.05, 0) is 34.5 Å². The second-order valence-corrected chi connectivity index (χ2v) is 3.45. The van der Waals surface area contributed by atoms with Gasteiger partial charge in [0.2, 0.25) is 0 Å². The van der Waals surface area contributed by atoms with Gasteiger partial charge in [0.25, 0.3) is 12.3 Å². The molecule has 0 saturated carbocycles. The second kappa shape index (κ2) is 4.00. The van der Waals surface area contributed by atoms with Crippen LogP contribution in [0.1, 0.15) is 28.0 Å². The van der Waals surface area contributed by atoms with E-state index in [9.17, 15) is 13.6 Å². The van der Waals surface area contributed by atoms with Crippen molar-refractivity contribution in [2.24, 2.45) is 5.73 Å². The van der Waals surface area contributed by atoms with Crippen molar-refractivity contribution >= 4 is 21.8 Å². The van der Waals surface area contributed by atoms with Gasteiger partial charge in [0, 0.05) is 5.56 Å². The molecule has 0 atom stereocenters. The summed E-state index contributed by atoms with van der Waals surface area (Å²) in [7, 11) is 0. The molecule has 6 heteroatoms. The molecule has 0 spiro atoms. The summed E-state index contributed by atoms with van der Waals surface area (Å²) < 4.78 is 25.2. The third kappa shape index (κ3) is 2.06. The minimum Gasteiger partial charge on any atom is -0.364 e. The van der Waals surface area contributed by atoms with Crippen LogP contribution in [0.5, 0.6) is 0 Å². The number of amides is 1. The second-order valence-electron chi connectivity index (χ2n) is 2.70. The molecule has 0 aromatic carbocycles. The van der Waals surface area contributed by atoms with Gasteiger partial charge in [0.1, 0.15) is 10.3 Å². The lowest BCUT2D eigenvalue weighted by Crippen LogP contribution is -2.16. The highest BCUT2D eigenvalue weighted by atomic mass is 79.9. The summed E-state index contributed by atoms with van der Waals surface area (Å²) in [5.41, 5.74) is 4.62. The lowest BCUT2D eigenvalue weighted by molar-refractivity contribution is 0.0980. The molecule has 0 saturated heterocycles. The highest BCUT2D eigenvalue weighted by molar-refractivity contribution is 9.10. The van der Waals surface area contributed by atoms with Crippen molar-refractivity contribution in [1.29, 1.82) is 0 Å². The minimum atomic E-state index is -2.75. The first-order valence-corrected chi connectivity index (χ1v) is 4.47. The monoisotopic (exact) mass is 264 g/mol. The van der Waals surface area contributed by atoms with Crippen LogP contribution in [0.4, 0.5) is 8.78 Å². The molecule has 0 radical (unpaired) electrons. The van der Waals surface area contributed by atoms with E-state index in [4.69, 9.17) is 5.73 Å². The number of primary amides is 1. The average Bonchev–Trinajstić information content (AvgIpc) is 2.08. The highest BCUT2D eigenvalue weighted by Gasteiger charge is 2.19. The van der Waals surface area contributed by atoms with Crippen LogP contribution in [0.3, 0.4) is 0 Å². The molecule has 1 aromatic heterocycles. The first kappa shape index (κ1) is 11.0. The van der Waals surface area contributed by atoms with Gasteiger partial charge in [-0.3, -0.25) is 4.79 Å². The Hall–Kier alpha value is -1.04. The van der Waals surface area contributed by atoms with E-state index in [0.717, 1.165) is 0 Å². The van der Waals surface area contributed by atoms with Crippen molar-refractivity contribution in [2.45, 2.75) is 13.3 Å². The van der Waals surface area contributed by atoms with Gasteiger partial charge in [-0.2, -0.15) is 0 Å². The molecule has 76 valence electrons. The molecule has 1 rings (SSSR count). The molecule has 0 aliphatic rings. The maximum Gasteiger partial charge on any atom is 0.267 e. The Morgan fingerprint density at radius 2 is 2.21 bits per heavy atom. The molecule has 2 N–H and O–H groups in total. The normalized spacial score (nSPS) is 10.6. The Morgan fingerprint density at radius 1 is 1.64 bits per heavy atom. The summed E-state index contributed by atoms with van der Waals surface area (Å²) in [5.74, 6) is -0.957. The van der Waals surface area contributed by atoms with Crippen molar-refractivity contribution in [1.82, 2.24) is 4.98 Å². The molecular weight excluding hydrogens is 258 g/mol. The first-order valence-electron chi connectivity index (χ1n) is 3.68. The molecule has 1 aromatic rings. The van der Waals surface area contributed by atoms with E-state index in [1.807, 2.05) is 0 Å². The zero-order valence-electron chi connectivity index (χ0n) is 7.22. The molecule has 1 amide bonds. The Morgan fingerprint density at radius 3 is 2.64 bits per heavy atom. The predicted octanol–water partition coefficient (Wildman–Crippen LogP) is 2.19. The standard InChI is InChI=1S/C8H7BrF2N2O/c1-3-2-4(7(10)11)5(8(12)14)13-6(3)9/h2,7H,1H3,(H2,12,14). The summed E-state index contributed by atoms with van der Waals surface area (Å²) in [4.78, 5) is 14.5. The van der Waals surface area contributed by atoms with E-state index >= 15 is 0 Å². The summed E-state index contributed by atoms with van der Waals surface area (Å²) in [6.45, 7) is 1.60. The molecule has 0 aliphatic carbocycles. The van der Waals surface area contributed by atoms with E-state index in [-0.39, 0.29) is 0 Å². The molecule has 0 fully saturated rings. The molecule has 0 unspecified atom stereocenters. The minimum absolute atomic E-state index is 0.343. The van der Waals surface area contributed by atoms with Crippen LogP contribution in [0.15, 0.2) is 10.7 Å². The largest absolute Gasteiger partial charge is 0.364 e. The van der Waals surface area contributed by atoms with E-state index in [1.165, 1.54) is 6.07 Å². The third-order valence-corrected chi connectivity index (χ3v) is 2.45. The number of alkyl halides is 2. The zero-order chi connectivity index (χ0) is 10.9. The fourth-order valence-corrected chi connectivity index (χ4v) is 1.27. The Kier molecular flexibility index (Phi) is 3.15. The molecule has 1 heterocycles. The average molecular weight is 265 g/mol. The van der Waals surface area contributed by atoms with Crippen molar-refractivity contribution in [2.75, 3.05) is 0 Å². The number of nitrogens with zero attached hydrogens (tertiary/aromatic N) is 1. The predicted molar refractivity (Wildman–Crippen MR) is 50.1 cm³/mol. The summed E-state index contributed by atoms with van der Waals surface area (Å²) >= 11 is 3.03. The van der Waals surface area contributed by atoms with E-state index in [0.29, 0.717) is 10.2 Å². The number of nitrogens with two attached hydrogens (primary N) is 1. The first-order chi connectivity index (χ1) is 6.43. The smallest absolute Gasteiger partial charge is 0.267 e. The van der Waals surface area contributed by atoms with Crippen LogP contribution in [0.2, 0.25) is 0 Å². The SMILES string of the molecule is Cc1cc(C(F)F)c(C(N)=O)nc1Br. The number of hydrogen-bond acceptors (Lipinski definition) is 2.